The third-order valence-electron chi connectivity index (χ3n) is 3.28. The Hall–Kier alpha value is -2.93. The maximum Gasteiger partial charge on any atom is 0.342 e. The molecule has 2 aromatic heterocycles. The Kier molecular flexibility index (Phi) is 3.71. The number of carboxylic acids is 1. The number of hydrogen-bond donors (Lipinski definition) is 1. The third-order valence-corrected chi connectivity index (χ3v) is 3.53. The van der Waals surface area contributed by atoms with Crippen molar-refractivity contribution in [2.75, 3.05) is 0 Å². The second-order valence-corrected chi connectivity index (χ2v) is 5.27. The van der Waals surface area contributed by atoms with Crippen molar-refractivity contribution < 1.29 is 9.90 Å². The maximum atomic E-state index is 12.5. The SMILES string of the molecule is Cn1cc(-n2ncc(-c3ccc(Cl)cc3)c(C(=O)O)c2=O)cn1. The normalized spacial score (nSPS) is 10.7. The van der Waals surface area contributed by atoms with E-state index in [0.29, 0.717) is 16.3 Å². The molecule has 23 heavy (non-hydrogen) atoms. The van der Waals surface area contributed by atoms with Crippen LogP contribution in [0.2, 0.25) is 5.02 Å². The number of aromatic carboxylic acids is 1. The standard InChI is InChI=1S/C15H11ClN4O3/c1-19-8-11(6-17-19)20-14(21)13(15(22)23)12(7-18-20)9-2-4-10(16)5-3-9/h2-8H,1H3,(H,22,23). The summed E-state index contributed by atoms with van der Waals surface area (Å²) >= 11 is 5.83. The topological polar surface area (TPSA) is 90.0 Å². The number of rotatable bonds is 3. The fourth-order valence-electron chi connectivity index (χ4n) is 2.21. The van der Waals surface area contributed by atoms with Crippen molar-refractivity contribution in [1.82, 2.24) is 19.6 Å². The highest BCUT2D eigenvalue weighted by Crippen LogP contribution is 2.23. The van der Waals surface area contributed by atoms with Gasteiger partial charge in [-0.2, -0.15) is 14.9 Å². The summed E-state index contributed by atoms with van der Waals surface area (Å²) in [5.74, 6) is -1.32. The minimum atomic E-state index is -1.32. The molecule has 0 aliphatic heterocycles. The lowest BCUT2D eigenvalue weighted by Crippen LogP contribution is -2.28. The molecule has 0 aliphatic rings. The van der Waals surface area contributed by atoms with Crippen LogP contribution in [0, 0.1) is 0 Å². The Morgan fingerprint density at radius 1 is 1.17 bits per heavy atom. The number of hydrogen-bond acceptors (Lipinski definition) is 4. The summed E-state index contributed by atoms with van der Waals surface area (Å²) in [4.78, 5) is 24.1. The maximum absolute atomic E-state index is 12.5. The molecule has 0 spiro atoms. The quantitative estimate of drug-likeness (QED) is 0.793. The van der Waals surface area contributed by atoms with Gasteiger partial charge in [-0.05, 0) is 17.7 Å². The summed E-state index contributed by atoms with van der Waals surface area (Å²) in [5, 5.41) is 18.0. The molecule has 0 fully saturated rings. The van der Waals surface area contributed by atoms with E-state index in [9.17, 15) is 14.7 Å². The highest BCUT2D eigenvalue weighted by molar-refractivity contribution is 6.30. The lowest BCUT2D eigenvalue weighted by Gasteiger charge is -2.08. The van der Waals surface area contributed by atoms with Gasteiger partial charge in [0.1, 0.15) is 11.3 Å². The molecule has 7 nitrogen and oxygen atoms in total. The molecule has 2 heterocycles. The number of aromatic nitrogens is 4. The third kappa shape index (κ3) is 2.74. The summed E-state index contributed by atoms with van der Waals surface area (Å²) in [6.45, 7) is 0. The molecule has 0 bridgehead atoms. The van der Waals surface area contributed by atoms with Gasteiger partial charge in [-0.1, -0.05) is 23.7 Å². The van der Waals surface area contributed by atoms with Gasteiger partial charge in [0.2, 0.25) is 0 Å². The van der Waals surface area contributed by atoms with Crippen LogP contribution in [0.4, 0.5) is 0 Å². The Morgan fingerprint density at radius 2 is 1.87 bits per heavy atom. The van der Waals surface area contributed by atoms with E-state index < -0.39 is 11.5 Å². The first-order valence-electron chi connectivity index (χ1n) is 6.58. The van der Waals surface area contributed by atoms with Gasteiger partial charge in [0.05, 0.1) is 18.6 Å². The fraction of sp³-hybridized carbons (Fsp3) is 0.0667. The van der Waals surface area contributed by atoms with Crippen LogP contribution in [0.3, 0.4) is 0 Å². The first kappa shape index (κ1) is 15.0. The molecule has 3 aromatic rings. The lowest BCUT2D eigenvalue weighted by atomic mass is 10.0. The predicted octanol–water partition coefficient (Wildman–Crippen LogP) is 1.98. The number of halogens is 1. The van der Waals surface area contributed by atoms with E-state index in [4.69, 9.17) is 11.6 Å². The molecule has 1 aromatic carbocycles. The highest BCUT2D eigenvalue weighted by atomic mass is 35.5. The van der Waals surface area contributed by atoms with Gasteiger partial charge in [0.15, 0.2) is 0 Å². The van der Waals surface area contributed by atoms with Crippen molar-refractivity contribution in [3.05, 3.63) is 63.8 Å². The first-order valence-corrected chi connectivity index (χ1v) is 6.96. The molecule has 116 valence electrons. The summed E-state index contributed by atoms with van der Waals surface area (Å²) < 4.78 is 2.51. The summed E-state index contributed by atoms with van der Waals surface area (Å²) in [5.41, 5.74) is 0.0980. The number of nitrogens with zero attached hydrogens (tertiary/aromatic N) is 4. The van der Waals surface area contributed by atoms with Crippen LogP contribution in [-0.2, 0) is 7.05 Å². The molecule has 0 aliphatic carbocycles. The zero-order chi connectivity index (χ0) is 16.6. The zero-order valence-electron chi connectivity index (χ0n) is 12.0. The second kappa shape index (κ2) is 5.69. The number of carbonyl (C=O) groups is 1. The molecular weight excluding hydrogens is 320 g/mol. The van der Waals surface area contributed by atoms with Gasteiger partial charge >= 0.3 is 5.97 Å². The summed E-state index contributed by atoms with van der Waals surface area (Å²) in [7, 11) is 1.69. The van der Waals surface area contributed by atoms with Gasteiger partial charge in [0, 0.05) is 17.6 Å². The van der Waals surface area contributed by atoms with Crippen molar-refractivity contribution in [3.8, 4) is 16.8 Å². The largest absolute Gasteiger partial charge is 0.477 e. The van der Waals surface area contributed by atoms with Crippen LogP contribution in [0.25, 0.3) is 16.8 Å². The molecule has 0 atom stereocenters. The van der Waals surface area contributed by atoms with Crippen molar-refractivity contribution in [1.29, 1.82) is 0 Å². The van der Waals surface area contributed by atoms with Crippen LogP contribution in [0.1, 0.15) is 10.4 Å². The van der Waals surface area contributed by atoms with Gasteiger partial charge < -0.3 is 5.11 Å². The van der Waals surface area contributed by atoms with Crippen molar-refractivity contribution >= 4 is 17.6 Å². The van der Waals surface area contributed by atoms with E-state index in [1.54, 1.807) is 37.5 Å². The van der Waals surface area contributed by atoms with Crippen molar-refractivity contribution in [2.45, 2.75) is 0 Å². The van der Waals surface area contributed by atoms with E-state index in [2.05, 4.69) is 10.2 Å². The first-order chi connectivity index (χ1) is 11.0. The minimum Gasteiger partial charge on any atom is -0.477 e. The predicted molar refractivity (Wildman–Crippen MR) is 84.0 cm³/mol. The van der Waals surface area contributed by atoms with E-state index in [-0.39, 0.29) is 11.1 Å². The number of carboxylic acid groups (broad SMARTS) is 1. The average Bonchev–Trinajstić information content (AvgIpc) is 2.93. The fourth-order valence-corrected chi connectivity index (χ4v) is 2.34. The number of benzene rings is 1. The number of aryl methyl sites for hydroxylation is 1. The minimum absolute atomic E-state index is 0.235. The molecule has 0 saturated carbocycles. The smallest absolute Gasteiger partial charge is 0.342 e. The zero-order valence-corrected chi connectivity index (χ0v) is 12.7. The monoisotopic (exact) mass is 330 g/mol. The Labute approximate surface area is 135 Å². The van der Waals surface area contributed by atoms with Gasteiger partial charge in [0.25, 0.3) is 5.56 Å². The highest BCUT2D eigenvalue weighted by Gasteiger charge is 2.20. The van der Waals surface area contributed by atoms with Gasteiger partial charge in [-0.3, -0.25) is 9.48 Å². The molecule has 0 saturated heterocycles. The van der Waals surface area contributed by atoms with E-state index >= 15 is 0 Å². The molecule has 0 amide bonds. The van der Waals surface area contributed by atoms with E-state index in [1.165, 1.54) is 17.1 Å². The second-order valence-electron chi connectivity index (χ2n) is 4.83. The Bertz CT molecular complexity index is 944. The summed E-state index contributed by atoms with van der Waals surface area (Å²) in [6, 6.07) is 6.52. The summed E-state index contributed by atoms with van der Waals surface area (Å²) in [6.07, 6.45) is 4.35. The van der Waals surface area contributed by atoms with Crippen molar-refractivity contribution in [2.24, 2.45) is 7.05 Å². The molecule has 0 unspecified atom stereocenters. The Balaban J connectivity index is 2.23. The molecule has 0 radical (unpaired) electrons. The van der Waals surface area contributed by atoms with Crippen LogP contribution in [0.15, 0.2) is 47.7 Å². The molecule has 3 rings (SSSR count). The van der Waals surface area contributed by atoms with Crippen LogP contribution < -0.4 is 5.56 Å². The van der Waals surface area contributed by atoms with Crippen molar-refractivity contribution in [3.63, 3.8) is 0 Å². The molecular formula is C15H11ClN4O3. The van der Waals surface area contributed by atoms with Crippen LogP contribution in [-0.4, -0.2) is 30.6 Å². The molecule has 8 heteroatoms. The Morgan fingerprint density at radius 3 is 2.43 bits per heavy atom. The van der Waals surface area contributed by atoms with E-state index in [1.807, 2.05) is 0 Å². The van der Waals surface area contributed by atoms with Gasteiger partial charge in [-0.25, -0.2) is 4.79 Å². The average molecular weight is 331 g/mol. The molecule has 1 N–H and O–H groups in total. The van der Waals surface area contributed by atoms with E-state index in [0.717, 1.165) is 4.68 Å². The lowest BCUT2D eigenvalue weighted by molar-refractivity contribution is 0.0695. The van der Waals surface area contributed by atoms with Crippen LogP contribution in [0.5, 0.6) is 0 Å². The van der Waals surface area contributed by atoms with Gasteiger partial charge in [-0.15, -0.1) is 0 Å². The van der Waals surface area contributed by atoms with Crippen LogP contribution >= 0.6 is 11.6 Å².